The predicted octanol–water partition coefficient (Wildman–Crippen LogP) is 6.34. The van der Waals surface area contributed by atoms with Crippen LogP contribution in [0, 0.1) is 58.2 Å². The van der Waals surface area contributed by atoms with Gasteiger partial charge in [-0.1, -0.05) is 10.3 Å². The minimum absolute atomic E-state index is 0.0817. The zero-order valence-electron chi connectivity index (χ0n) is 17.3. The zero-order chi connectivity index (χ0) is 25.7. The number of nitrogens with zero attached hydrogens (tertiary/aromatic N) is 2. The molecular formula is C20H14F10N2O2. The Bertz CT molecular complexity index is 1000. The zero-order valence-corrected chi connectivity index (χ0v) is 17.3. The van der Waals surface area contributed by atoms with Crippen molar-refractivity contribution in [1.29, 1.82) is 0 Å². The van der Waals surface area contributed by atoms with Gasteiger partial charge in [0, 0.05) is 0 Å². The van der Waals surface area contributed by atoms with Crippen molar-refractivity contribution in [2.24, 2.45) is 10.3 Å². The van der Waals surface area contributed by atoms with Crippen molar-refractivity contribution in [3.63, 3.8) is 0 Å². The lowest BCUT2D eigenvalue weighted by Gasteiger charge is -2.08. The Morgan fingerprint density at radius 2 is 0.706 bits per heavy atom. The fourth-order valence-electron chi connectivity index (χ4n) is 2.42. The lowest BCUT2D eigenvalue weighted by Crippen LogP contribution is -2.08. The van der Waals surface area contributed by atoms with Crippen LogP contribution in [0.15, 0.2) is 10.3 Å². The fraction of sp³-hybridized carbons (Fsp3) is 0.300. The van der Waals surface area contributed by atoms with Crippen molar-refractivity contribution in [3.05, 3.63) is 69.3 Å². The number of halogens is 10. The summed E-state index contributed by atoms with van der Waals surface area (Å²) in [5.41, 5.74) is -2.05. The first-order valence-electron chi connectivity index (χ1n) is 9.19. The molecule has 0 heterocycles. The summed E-state index contributed by atoms with van der Waals surface area (Å²) in [5.74, 6) is -21.4. The van der Waals surface area contributed by atoms with Crippen molar-refractivity contribution < 1.29 is 53.6 Å². The van der Waals surface area contributed by atoms with Crippen LogP contribution < -0.4 is 0 Å². The number of hydrogen-bond acceptors (Lipinski definition) is 4. The fourth-order valence-corrected chi connectivity index (χ4v) is 2.42. The third-order valence-corrected chi connectivity index (χ3v) is 4.31. The number of oxime groups is 2. The smallest absolute Gasteiger partial charge is 0.200 e. The van der Waals surface area contributed by atoms with E-state index >= 15 is 0 Å². The van der Waals surface area contributed by atoms with Crippen LogP contribution in [0.2, 0.25) is 0 Å². The molecule has 0 spiro atoms. The molecule has 0 fully saturated rings. The van der Waals surface area contributed by atoms with Gasteiger partial charge in [0.2, 0.25) is 11.6 Å². The second-order valence-electron chi connectivity index (χ2n) is 6.80. The summed E-state index contributed by atoms with van der Waals surface area (Å²) in [6, 6.07) is 0. The summed E-state index contributed by atoms with van der Waals surface area (Å²) in [5, 5.41) is 6.93. The van der Waals surface area contributed by atoms with Crippen molar-refractivity contribution in [2.75, 3.05) is 0 Å². The van der Waals surface area contributed by atoms with Crippen molar-refractivity contribution in [2.45, 2.75) is 39.9 Å². The van der Waals surface area contributed by atoms with Gasteiger partial charge >= 0.3 is 0 Å². The average molecular weight is 504 g/mol. The molecule has 0 N–H and O–H groups in total. The van der Waals surface area contributed by atoms with Crippen molar-refractivity contribution in [3.8, 4) is 0 Å². The van der Waals surface area contributed by atoms with E-state index in [-0.39, 0.29) is 24.3 Å². The lowest BCUT2D eigenvalue weighted by molar-refractivity contribution is 0.121. The van der Waals surface area contributed by atoms with Crippen LogP contribution in [0.3, 0.4) is 0 Å². The molecule has 14 heteroatoms. The Hall–Kier alpha value is -3.32. The highest BCUT2D eigenvalue weighted by atomic mass is 19.2. The molecule has 186 valence electrons. The molecule has 2 aromatic carbocycles. The molecule has 0 radical (unpaired) electrons. The molecular weight excluding hydrogens is 490 g/mol. The van der Waals surface area contributed by atoms with Crippen LogP contribution in [-0.2, 0) is 22.9 Å². The molecule has 0 aromatic heterocycles. The Balaban J connectivity index is 1.92. The Kier molecular flexibility index (Phi) is 8.87. The third-order valence-electron chi connectivity index (χ3n) is 4.31. The van der Waals surface area contributed by atoms with Gasteiger partial charge in [-0.15, -0.1) is 0 Å². The monoisotopic (exact) mass is 504 g/mol. The standard InChI is InChI=1S/C20H14F10N2O2/c1-7(31-33-5-9-11(21)15(25)19(29)16(26)12(9)22)3-4-8(2)32-34-6-10-13(23)17(27)20(30)18(28)14(10)24/h3-6H2,1-2H3. The summed E-state index contributed by atoms with van der Waals surface area (Å²) in [7, 11) is 0. The highest BCUT2D eigenvalue weighted by Gasteiger charge is 2.27. The van der Waals surface area contributed by atoms with Gasteiger partial charge in [-0.3, -0.25) is 0 Å². The molecule has 0 unspecified atom stereocenters. The molecule has 0 aliphatic heterocycles. The molecule has 2 rings (SSSR count). The van der Waals surface area contributed by atoms with Crippen LogP contribution in [0.1, 0.15) is 37.8 Å². The molecule has 0 amide bonds. The van der Waals surface area contributed by atoms with E-state index in [9.17, 15) is 43.9 Å². The first-order valence-corrected chi connectivity index (χ1v) is 9.19. The van der Waals surface area contributed by atoms with E-state index in [0.29, 0.717) is 0 Å². The summed E-state index contributed by atoms with van der Waals surface area (Å²) >= 11 is 0. The maximum atomic E-state index is 13.5. The van der Waals surface area contributed by atoms with Crippen LogP contribution in [-0.4, -0.2) is 11.4 Å². The molecule has 0 bridgehead atoms. The van der Waals surface area contributed by atoms with Crippen LogP contribution in [0.25, 0.3) is 0 Å². The molecule has 0 aliphatic carbocycles. The van der Waals surface area contributed by atoms with Crippen LogP contribution >= 0.6 is 0 Å². The van der Waals surface area contributed by atoms with E-state index in [1.807, 2.05) is 0 Å². The van der Waals surface area contributed by atoms with Crippen LogP contribution in [0.5, 0.6) is 0 Å². The second kappa shape index (κ2) is 11.2. The predicted molar refractivity (Wildman–Crippen MR) is 97.5 cm³/mol. The van der Waals surface area contributed by atoms with Gasteiger partial charge < -0.3 is 9.68 Å². The second-order valence-corrected chi connectivity index (χ2v) is 6.80. The number of hydrogen-bond donors (Lipinski definition) is 0. The maximum Gasteiger partial charge on any atom is 0.200 e. The van der Waals surface area contributed by atoms with Gasteiger partial charge in [0.1, 0.15) is 13.2 Å². The summed E-state index contributed by atoms with van der Waals surface area (Å²) in [6.07, 6.45) is 0.163. The van der Waals surface area contributed by atoms with E-state index < -0.39 is 82.5 Å². The third kappa shape index (κ3) is 5.78. The Morgan fingerprint density at radius 3 is 0.971 bits per heavy atom. The SMILES string of the molecule is CC(CCC(C)=NOCc1c(F)c(F)c(F)c(F)c1F)=NOCc1c(F)c(F)c(F)c(F)c1F. The van der Waals surface area contributed by atoms with Gasteiger partial charge in [-0.05, 0) is 26.7 Å². The van der Waals surface area contributed by atoms with E-state index in [1.54, 1.807) is 0 Å². The molecule has 0 atom stereocenters. The van der Waals surface area contributed by atoms with E-state index in [0.717, 1.165) is 0 Å². The summed E-state index contributed by atoms with van der Waals surface area (Å²) in [6.45, 7) is 0.672. The van der Waals surface area contributed by atoms with Gasteiger partial charge in [-0.25, -0.2) is 43.9 Å². The van der Waals surface area contributed by atoms with E-state index in [1.165, 1.54) is 13.8 Å². The largest absolute Gasteiger partial charge is 0.391 e. The van der Waals surface area contributed by atoms with E-state index in [4.69, 9.17) is 0 Å². The molecule has 4 nitrogen and oxygen atoms in total. The quantitative estimate of drug-likeness (QED) is 0.132. The molecule has 0 saturated heterocycles. The first kappa shape index (κ1) is 26.9. The van der Waals surface area contributed by atoms with E-state index in [2.05, 4.69) is 20.0 Å². The van der Waals surface area contributed by atoms with Crippen molar-refractivity contribution >= 4 is 11.4 Å². The first-order chi connectivity index (χ1) is 15.9. The highest BCUT2D eigenvalue weighted by molar-refractivity contribution is 5.88. The topological polar surface area (TPSA) is 43.2 Å². The summed E-state index contributed by atoms with van der Waals surface area (Å²) < 4.78 is 133. The molecule has 0 saturated carbocycles. The molecule has 34 heavy (non-hydrogen) atoms. The number of benzene rings is 2. The van der Waals surface area contributed by atoms with Gasteiger partial charge in [0.15, 0.2) is 46.5 Å². The minimum Gasteiger partial charge on any atom is -0.391 e. The Labute approximate surface area is 185 Å². The minimum atomic E-state index is -2.31. The number of rotatable bonds is 9. The summed E-state index contributed by atoms with van der Waals surface area (Å²) in [4.78, 5) is 9.24. The van der Waals surface area contributed by atoms with Gasteiger partial charge in [-0.2, -0.15) is 0 Å². The maximum absolute atomic E-state index is 13.5. The average Bonchev–Trinajstić information content (AvgIpc) is 2.81. The normalized spacial score (nSPS) is 12.4. The molecule has 0 aliphatic rings. The van der Waals surface area contributed by atoms with Gasteiger partial charge in [0.05, 0.1) is 22.6 Å². The van der Waals surface area contributed by atoms with Gasteiger partial charge in [0.25, 0.3) is 0 Å². The molecule has 2 aromatic rings. The highest BCUT2D eigenvalue weighted by Crippen LogP contribution is 2.25. The lowest BCUT2D eigenvalue weighted by atomic mass is 10.2. The Morgan fingerprint density at radius 1 is 0.471 bits per heavy atom. The van der Waals surface area contributed by atoms with Crippen molar-refractivity contribution in [1.82, 2.24) is 0 Å². The van der Waals surface area contributed by atoms with Crippen LogP contribution in [0.4, 0.5) is 43.9 Å².